The van der Waals surface area contributed by atoms with E-state index in [1.165, 1.54) is 0 Å². The minimum absolute atomic E-state index is 0. The van der Waals surface area contributed by atoms with Gasteiger partial charge in [0.25, 0.3) is 5.91 Å². The standard InChI is InChI=1S/C15H23N5O2.ClH/c1-15(2)14(22)17-7-9-19(15)13(21)12-5-8-20(18-12)11-4-3-6-16-10-11;/h5,8,11,16H,3-4,6-7,9-10H2,1-2H3,(H,17,22);1H. The number of hydrogen-bond acceptors (Lipinski definition) is 4. The smallest absolute Gasteiger partial charge is 0.275 e. The number of nitrogens with zero attached hydrogens (tertiary/aromatic N) is 3. The van der Waals surface area contributed by atoms with Crippen LogP contribution in [0.25, 0.3) is 0 Å². The first kappa shape index (κ1) is 17.7. The maximum Gasteiger partial charge on any atom is 0.275 e. The molecule has 0 radical (unpaired) electrons. The van der Waals surface area contributed by atoms with E-state index in [4.69, 9.17) is 0 Å². The average Bonchev–Trinajstić information content (AvgIpc) is 3.00. The van der Waals surface area contributed by atoms with Crippen LogP contribution in [0.5, 0.6) is 0 Å². The molecule has 2 aliphatic rings. The molecule has 23 heavy (non-hydrogen) atoms. The van der Waals surface area contributed by atoms with Crippen molar-refractivity contribution in [3.63, 3.8) is 0 Å². The molecule has 7 nitrogen and oxygen atoms in total. The van der Waals surface area contributed by atoms with E-state index in [1.807, 2.05) is 10.9 Å². The molecule has 1 atom stereocenters. The fraction of sp³-hybridized carbons (Fsp3) is 0.667. The Hall–Kier alpha value is -1.60. The van der Waals surface area contributed by atoms with Crippen LogP contribution in [-0.2, 0) is 4.79 Å². The Balaban J connectivity index is 0.00000192. The Bertz CT molecular complexity index is 580. The molecule has 2 N–H and O–H groups in total. The zero-order valence-electron chi connectivity index (χ0n) is 13.5. The van der Waals surface area contributed by atoms with Gasteiger partial charge in [0.1, 0.15) is 11.2 Å². The predicted octanol–water partition coefficient (Wildman–Crippen LogP) is 0.580. The van der Waals surface area contributed by atoms with Gasteiger partial charge in [-0.3, -0.25) is 14.3 Å². The largest absolute Gasteiger partial charge is 0.352 e. The molecule has 2 fully saturated rings. The average molecular weight is 342 g/mol. The van der Waals surface area contributed by atoms with Gasteiger partial charge in [-0.2, -0.15) is 5.10 Å². The quantitative estimate of drug-likeness (QED) is 0.824. The van der Waals surface area contributed by atoms with Gasteiger partial charge in [0.15, 0.2) is 0 Å². The number of nitrogens with one attached hydrogen (secondary N) is 2. The minimum Gasteiger partial charge on any atom is -0.352 e. The van der Waals surface area contributed by atoms with Crippen molar-refractivity contribution in [3.8, 4) is 0 Å². The van der Waals surface area contributed by atoms with Gasteiger partial charge in [0.05, 0.1) is 6.04 Å². The number of piperazine rings is 1. The fourth-order valence-corrected chi connectivity index (χ4v) is 3.11. The van der Waals surface area contributed by atoms with E-state index in [9.17, 15) is 9.59 Å². The Morgan fingerprint density at radius 3 is 2.87 bits per heavy atom. The summed E-state index contributed by atoms with van der Waals surface area (Å²) in [5.41, 5.74) is -0.431. The first-order valence-electron chi connectivity index (χ1n) is 7.86. The van der Waals surface area contributed by atoms with Gasteiger partial charge in [-0.05, 0) is 39.3 Å². The van der Waals surface area contributed by atoms with Crippen LogP contribution in [0.2, 0.25) is 0 Å². The molecule has 0 bridgehead atoms. The van der Waals surface area contributed by atoms with Crippen LogP contribution < -0.4 is 10.6 Å². The third kappa shape index (κ3) is 3.35. The Kier molecular flexibility index (Phi) is 5.31. The molecule has 1 aromatic heterocycles. The van der Waals surface area contributed by atoms with Crippen LogP contribution in [0, 0.1) is 0 Å². The molecule has 3 rings (SSSR count). The molecule has 2 amide bonds. The summed E-state index contributed by atoms with van der Waals surface area (Å²) in [7, 11) is 0. The lowest BCUT2D eigenvalue weighted by molar-refractivity contribution is -0.133. The summed E-state index contributed by atoms with van der Waals surface area (Å²) in [6.45, 7) is 6.45. The maximum absolute atomic E-state index is 12.7. The van der Waals surface area contributed by atoms with Crippen molar-refractivity contribution in [1.82, 2.24) is 25.3 Å². The molecule has 1 unspecified atom stereocenters. The molecule has 128 valence electrons. The number of aromatic nitrogens is 2. The predicted molar refractivity (Wildman–Crippen MR) is 88.7 cm³/mol. The highest BCUT2D eigenvalue weighted by Crippen LogP contribution is 2.21. The fourth-order valence-electron chi connectivity index (χ4n) is 3.11. The highest BCUT2D eigenvalue weighted by atomic mass is 35.5. The lowest BCUT2D eigenvalue weighted by Gasteiger charge is -2.40. The van der Waals surface area contributed by atoms with Crippen molar-refractivity contribution in [2.45, 2.75) is 38.3 Å². The molecule has 0 aromatic carbocycles. The van der Waals surface area contributed by atoms with Crippen LogP contribution in [-0.4, -0.2) is 58.2 Å². The number of hydrogen-bond donors (Lipinski definition) is 2. The zero-order valence-corrected chi connectivity index (χ0v) is 14.4. The van der Waals surface area contributed by atoms with E-state index in [0.29, 0.717) is 24.8 Å². The maximum atomic E-state index is 12.7. The minimum atomic E-state index is -0.842. The van der Waals surface area contributed by atoms with Crippen molar-refractivity contribution in [1.29, 1.82) is 0 Å². The van der Waals surface area contributed by atoms with Crippen molar-refractivity contribution in [2.24, 2.45) is 0 Å². The first-order chi connectivity index (χ1) is 10.5. The monoisotopic (exact) mass is 341 g/mol. The summed E-state index contributed by atoms with van der Waals surface area (Å²) in [5, 5.41) is 10.6. The third-order valence-electron chi connectivity index (χ3n) is 4.57. The number of piperidine rings is 1. The van der Waals surface area contributed by atoms with Crippen LogP contribution in [0.3, 0.4) is 0 Å². The van der Waals surface area contributed by atoms with E-state index in [1.54, 1.807) is 24.8 Å². The van der Waals surface area contributed by atoms with Gasteiger partial charge in [0.2, 0.25) is 5.91 Å². The van der Waals surface area contributed by atoms with Gasteiger partial charge in [-0.25, -0.2) is 0 Å². The highest BCUT2D eigenvalue weighted by molar-refractivity contribution is 5.98. The van der Waals surface area contributed by atoms with Gasteiger partial charge in [-0.1, -0.05) is 0 Å². The van der Waals surface area contributed by atoms with Crippen LogP contribution in [0.1, 0.15) is 43.2 Å². The van der Waals surface area contributed by atoms with Gasteiger partial charge in [-0.15, -0.1) is 12.4 Å². The lowest BCUT2D eigenvalue weighted by atomic mass is 9.98. The highest BCUT2D eigenvalue weighted by Gasteiger charge is 2.41. The molecule has 3 heterocycles. The van der Waals surface area contributed by atoms with Crippen molar-refractivity contribution in [3.05, 3.63) is 18.0 Å². The third-order valence-corrected chi connectivity index (χ3v) is 4.57. The number of amides is 2. The Morgan fingerprint density at radius 2 is 2.17 bits per heavy atom. The summed E-state index contributed by atoms with van der Waals surface area (Å²) in [6, 6.07) is 2.05. The van der Waals surface area contributed by atoms with E-state index < -0.39 is 5.54 Å². The van der Waals surface area contributed by atoms with E-state index in [-0.39, 0.29) is 24.2 Å². The summed E-state index contributed by atoms with van der Waals surface area (Å²) in [4.78, 5) is 26.3. The number of rotatable bonds is 2. The lowest BCUT2D eigenvalue weighted by Crippen LogP contribution is -2.63. The molecular formula is C15H24ClN5O2. The molecule has 1 aromatic rings. The van der Waals surface area contributed by atoms with Crippen LogP contribution in [0.4, 0.5) is 0 Å². The molecule has 0 aliphatic carbocycles. The second kappa shape index (κ2) is 6.88. The topological polar surface area (TPSA) is 79.3 Å². The van der Waals surface area contributed by atoms with E-state index in [0.717, 1.165) is 25.9 Å². The van der Waals surface area contributed by atoms with Gasteiger partial charge < -0.3 is 15.5 Å². The van der Waals surface area contributed by atoms with Crippen LogP contribution >= 0.6 is 12.4 Å². The van der Waals surface area contributed by atoms with Crippen molar-refractivity contribution >= 4 is 24.2 Å². The SMILES string of the molecule is CC1(C)C(=O)NCCN1C(=O)c1ccn(C2CCCNC2)n1.Cl. The first-order valence-corrected chi connectivity index (χ1v) is 7.86. The van der Waals surface area contributed by atoms with Crippen LogP contribution in [0.15, 0.2) is 12.3 Å². The Morgan fingerprint density at radius 1 is 1.39 bits per heavy atom. The van der Waals surface area contributed by atoms with Crippen molar-refractivity contribution in [2.75, 3.05) is 26.2 Å². The Labute approximate surface area is 142 Å². The molecule has 0 spiro atoms. The number of carbonyl (C=O) groups is 2. The molecule has 8 heteroatoms. The van der Waals surface area contributed by atoms with E-state index >= 15 is 0 Å². The van der Waals surface area contributed by atoms with Gasteiger partial charge >= 0.3 is 0 Å². The normalized spacial score (nSPS) is 23.8. The molecule has 2 saturated heterocycles. The van der Waals surface area contributed by atoms with Crippen molar-refractivity contribution < 1.29 is 9.59 Å². The summed E-state index contributed by atoms with van der Waals surface area (Å²) in [6.07, 6.45) is 4.05. The summed E-state index contributed by atoms with van der Waals surface area (Å²) in [5.74, 6) is -0.301. The summed E-state index contributed by atoms with van der Waals surface area (Å²) >= 11 is 0. The zero-order chi connectivity index (χ0) is 15.7. The molecular weight excluding hydrogens is 318 g/mol. The summed E-state index contributed by atoms with van der Waals surface area (Å²) < 4.78 is 1.87. The van der Waals surface area contributed by atoms with E-state index in [2.05, 4.69) is 15.7 Å². The second-order valence-corrected chi connectivity index (χ2v) is 6.45. The number of carbonyl (C=O) groups excluding carboxylic acids is 2. The molecule has 0 saturated carbocycles. The second-order valence-electron chi connectivity index (χ2n) is 6.45. The number of halogens is 1. The van der Waals surface area contributed by atoms with Gasteiger partial charge in [0, 0.05) is 25.8 Å². The molecule has 2 aliphatic heterocycles.